The molecule has 0 bridgehead atoms. The van der Waals surface area contributed by atoms with Crippen molar-refractivity contribution in [3.8, 4) is 0 Å². The second kappa shape index (κ2) is 13.8. The van der Waals surface area contributed by atoms with E-state index >= 15 is 0 Å². The van der Waals surface area contributed by atoms with E-state index in [1.807, 2.05) is 0 Å². The molecule has 0 fully saturated rings. The first-order valence-corrected chi connectivity index (χ1v) is 9.84. The second-order valence-electron chi connectivity index (χ2n) is 6.73. The van der Waals surface area contributed by atoms with Crippen molar-refractivity contribution in [3.63, 3.8) is 0 Å². The summed E-state index contributed by atoms with van der Waals surface area (Å²) in [5.41, 5.74) is 1.50. The van der Waals surface area contributed by atoms with Crippen LogP contribution in [0, 0.1) is 0 Å². The maximum Gasteiger partial charge on any atom is 0.169 e. The van der Waals surface area contributed by atoms with Crippen molar-refractivity contribution in [2.24, 2.45) is 0 Å². The summed E-state index contributed by atoms with van der Waals surface area (Å²) in [6, 6.07) is 4.60. The van der Waals surface area contributed by atoms with Gasteiger partial charge in [-0.15, -0.1) is 0 Å². The van der Waals surface area contributed by atoms with Gasteiger partial charge in [-0.25, -0.2) is 4.57 Å². The Morgan fingerprint density at radius 2 is 1.14 bits per heavy atom. The smallest absolute Gasteiger partial charge is 0.169 e. The van der Waals surface area contributed by atoms with Crippen LogP contribution in [0.15, 0.2) is 24.5 Å². The highest BCUT2D eigenvalue weighted by atomic mass is 14.9. The Balaban J connectivity index is 1.90. The molecule has 0 N–H and O–H groups in total. The van der Waals surface area contributed by atoms with Crippen LogP contribution >= 0.6 is 0 Å². The first kappa shape index (κ1) is 19.2. The third-order valence-electron chi connectivity index (χ3n) is 4.51. The normalized spacial score (nSPS) is 11.0. The van der Waals surface area contributed by atoms with Crippen LogP contribution in [0.4, 0.5) is 0 Å². The van der Waals surface area contributed by atoms with E-state index in [9.17, 15) is 0 Å². The molecule has 1 heterocycles. The fraction of sp³-hybridized carbons (Fsp3) is 0.762. The van der Waals surface area contributed by atoms with E-state index < -0.39 is 0 Å². The predicted octanol–water partition coefficient (Wildman–Crippen LogP) is 6.24. The van der Waals surface area contributed by atoms with Gasteiger partial charge in [0.05, 0.1) is 0 Å². The molecular weight excluding hydrogens is 266 g/mol. The second-order valence-corrected chi connectivity index (χ2v) is 6.73. The number of pyridine rings is 1. The molecule has 0 aliphatic heterocycles. The highest BCUT2D eigenvalue weighted by Gasteiger charge is 1.99. The van der Waals surface area contributed by atoms with Gasteiger partial charge in [0.25, 0.3) is 0 Å². The van der Waals surface area contributed by atoms with Crippen LogP contribution < -0.4 is 4.57 Å². The van der Waals surface area contributed by atoms with Gasteiger partial charge in [0, 0.05) is 18.6 Å². The lowest BCUT2D eigenvalue weighted by atomic mass is 10.0. The summed E-state index contributed by atoms with van der Waals surface area (Å²) in [4.78, 5) is 0. The van der Waals surface area contributed by atoms with E-state index in [0.717, 1.165) is 6.54 Å². The maximum atomic E-state index is 2.30. The monoisotopic (exact) mass is 304 g/mol. The van der Waals surface area contributed by atoms with Crippen LogP contribution in [0.2, 0.25) is 0 Å². The van der Waals surface area contributed by atoms with Gasteiger partial charge in [-0.3, -0.25) is 0 Å². The Kier molecular flexibility index (Phi) is 12.0. The third-order valence-corrected chi connectivity index (χ3v) is 4.51. The van der Waals surface area contributed by atoms with Crippen LogP contribution in [-0.2, 0) is 13.0 Å². The molecule has 126 valence electrons. The molecule has 1 aromatic rings. The van der Waals surface area contributed by atoms with Gasteiger partial charge in [0.15, 0.2) is 12.4 Å². The first-order valence-electron chi connectivity index (χ1n) is 9.84. The standard InChI is InChI=1S/C21H38N/c1-3-5-6-7-8-9-10-11-12-13-14-15-21-16-19-22(18-4-2)20-17-21/h16-17,19-20H,3-15,18H2,1-2H3/q+1. The number of unbranched alkanes of at least 4 members (excludes halogenated alkanes) is 10. The topological polar surface area (TPSA) is 3.88 Å². The Bertz CT molecular complexity index is 341. The maximum absolute atomic E-state index is 2.30. The number of hydrogen-bond acceptors (Lipinski definition) is 0. The van der Waals surface area contributed by atoms with Crippen molar-refractivity contribution in [1.29, 1.82) is 0 Å². The summed E-state index contributed by atoms with van der Waals surface area (Å²) in [7, 11) is 0. The van der Waals surface area contributed by atoms with Crippen molar-refractivity contribution >= 4 is 0 Å². The zero-order valence-electron chi connectivity index (χ0n) is 15.2. The van der Waals surface area contributed by atoms with Gasteiger partial charge in [-0.05, 0) is 18.4 Å². The molecule has 0 atom stereocenters. The zero-order valence-corrected chi connectivity index (χ0v) is 15.2. The number of aryl methyl sites for hydroxylation is 2. The zero-order chi connectivity index (χ0) is 15.9. The van der Waals surface area contributed by atoms with Gasteiger partial charge in [-0.2, -0.15) is 0 Å². The Morgan fingerprint density at radius 1 is 0.636 bits per heavy atom. The van der Waals surface area contributed by atoms with Crippen LogP contribution in [0.25, 0.3) is 0 Å². The van der Waals surface area contributed by atoms with Gasteiger partial charge >= 0.3 is 0 Å². The summed E-state index contributed by atoms with van der Waals surface area (Å²) in [6.45, 7) is 5.66. The average Bonchev–Trinajstić information content (AvgIpc) is 2.54. The highest BCUT2D eigenvalue weighted by molar-refractivity contribution is 5.07. The lowest BCUT2D eigenvalue weighted by Crippen LogP contribution is -2.32. The fourth-order valence-electron chi connectivity index (χ4n) is 3.06. The summed E-state index contributed by atoms with van der Waals surface area (Å²) in [5.74, 6) is 0. The van der Waals surface area contributed by atoms with Gasteiger partial charge in [0.1, 0.15) is 6.54 Å². The van der Waals surface area contributed by atoms with Gasteiger partial charge in [0.2, 0.25) is 0 Å². The van der Waals surface area contributed by atoms with Gasteiger partial charge < -0.3 is 0 Å². The van der Waals surface area contributed by atoms with Crippen molar-refractivity contribution in [2.75, 3.05) is 0 Å². The van der Waals surface area contributed by atoms with E-state index in [4.69, 9.17) is 0 Å². The molecule has 0 amide bonds. The average molecular weight is 305 g/mol. The Morgan fingerprint density at radius 3 is 1.64 bits per heavy atom. The molecule has 1 aromatic heterocycles. The molecule has 0 radical (unpaired) electrons. The molecule has 0 unspecified atom stereocenters. The van der Waals surface area contributed by atoms with Crippen molar-refractivity contribution in [2.45, 2.75) is 104 Å². The molecule has 0 spiro atoms. The van der Waals surface area contributed by atoms with Crippen molar-refractivity contribution < 1.29 is 4.57 Å². The quantitative estimate of drug-likeness (QED) is 0.283. The summed E-state index contributed by atoms with van der Waals surface area (Å²) in [6.07, 6.45) is 22.6. The van der Waals surface area contributed by atoms with Crippen molar-refractivity contribution in [3.05, 3.63) is 30.1 Å². The van der Waals surface area contributed by atoms with Crippen molar-refractivity contribution in [1.82, 2.24) is 0 Å². The molecule has 0 aliphatic rings. The lowest BCUT2D eigenvalue weighted by molar-refractivity contribution is -0.697. The molecular formula is C21H38N+. The summed E-state index contributed by atoms with van der Waals surface area (Å²) in [5, 5.41) is 0. The van der Waals surface area contributed by atoms with E-state index in [2.05, 4.69) is 42.9 Å². The SMILES string of the molecule is CCCCCCCCCCCCCc1cc[n+](CCC)cc1. The van der Waals surface area contributed by atoms with Crippen LogP contribution in [-0.4, -0.2) is 0 Å². The predicted molar refractivity (Wildman–Crippen MR) is 97.1 cm³/mol. The van der Waals surface area contributed by atoms with E-state index in [-0.39, 0.29) is 0 Å². The molecule has 0 aliphatic carbocycles. The van der Waals surface area contributed by atoms with Crippen LogP contribution in [0.1, 0.15) is 96.5 Å². The van der Waals surface area contributed by atoms with E-state index in [1.54, 1.807) is 0 Å². The number of aromatic nitrogens is 1. The number of hydrogen-bond donors (Lipinski definition) is 0. The highest BCUT2D eigenvalue weighted by Crippen LogP contribution is 2.12. The minimum atomic E-state index is 1.14. The molecule has 1 heteroatoms. The largest absolute Gasteiger partial charge is 0.205 e. The molecule has 1 rings (SSSR count). The lowest BCUT2D eigenvalue weighted by Gasteiger charge is -2.03. The minimum Gasteiger partial charge on any atom is -0.205 e. The molecule has 22 heavy (non-hydrogen) atoms. The molecule has 0 aromatic carbocycles. The Labute approximate surface area is 139 Å². The van der Waals surface area contributed by atoms with E-state index in [1.165, 1.54) is 89.0 Å². The minimum absolute atomic E-state index is 1.14. The fourth-order valence-corrected chi connectivity index (χ4v) is 3.06. The van der Waals surface area contributed by atoms with Crippen LogP contribution in [0.5, 0.6) is 0 Å². The summed E-state index contributed by atoms with van der Waals surface area (Å²) < 4.78 is 2.28. The van der Waals surface area contributed by atoms with Gasteiger partial charge in [-0.1, -0.05) is 78.1 Å². The van der Waals surface area contributed by atoms with E-state index in [0.29, 0.717) is 0 Å². The molecule has 0 saturated carbocycles. The number of nitrogens with zero attached hydrogens (tertiary/aromatic N) is 1. The first-order chi connectivity index (χ1) is 10.9. The molecule has 1 nitrogen and oxygen atoms in total. The summed E-state index contributed by atoms with van der Waals surface area (Å²) >= 11 is 0. The third kappa shape index (κ3) is 9.97. The molecule has 0 saturated heterocycles. The Hall–Kier alpha value is -0.850. The van der Waals surface area contributed by atoms with Crippen LogP contribution in [0.3, 0.4) is 0 Å². The number of rotatable bonds is 14.